The van der Waals surface area contributed by atoms with Gasteiger partial charge < -0.3 is 10.6 Å². The van der Waals surface area contributed by atoms with Crippen molar-refractivity contribution in [2.24, 2.45) is 0 Å². The normalized spacial score (nSPS) is 19.4. The van der Waals surface area contributed by atoms with Crippen LogP contribution in [0, 0.1) is 0 Å². The summed E-state index contributed by atoms with van der Waals surface area (Å²) in [4.78, 5) is 0. The van der Waals surface area contributed by atoms with Gasteiger partial charge in [-0.25, -0.2) is 0 Å². The van der Waals surface area contributed by atoms with E-state index < -0.39 is 0 Å². The first-order valence-electron chi connectivity index (χ1n) is 8.31. The summed E-state index contributed by atoms with van der Waals surface area (Å²) in [6, 6.07) is 13.3. The smallest absolute Gasteiger partial charge is 0.0505 e. The molecule has 0 radical (unpaired) electrons. The lowest BCUT2D eigenvalue weighted by Gasteiger charge is -2.38. The Morgan fingerprint density at radius 1 is 0.826 bits per heavy atom. The van der Waals surface area contributed by atoms with Gasteiger partial charge >= 0.3 is 0 Å². The number of fused-ring (bicyclic) bond motifs is 3. The van der Waals surface area contributed by atoms with Crippen LogP contribution < -0.4 is 10.6 Å². The van der Waals surface area contributed by atoms with E-state index in [-0.39, 0.29) is 11.0 Å². The van der Waals surface area contributed by atoms with Crippen molar-refractivity contribution in [3.05, 3.63) is 59.2 Å². The van der Waals surface area contributed by atoms with Gasteiger partial charge in [0.2, 0.25) is 0 Å². The van der Waals surface area contributed by atoms with Gasteiger partial charge in [0.25, 0.3) is 0 Å². The van der Waals surface area contributed by atoms with Crippen LogP contribution in [-0.4, -0.2) is 5.54 Å². The van der Waals surface area contributed by atoms with Gasteiger partial charge in [0, 0.05) is 28.0 Å². The Kier molecular flexibility index (Phi) is 2.76. The second kappa shape index (κ2) is 4.41. The van der Waals surface area contributed by atoms with Crippen LogP contribution in [0.3, 0.4) is 0 Å². The van der Waals surface area contributed by atoms with Crippen LogP contribution in [0.2, 0.25) is 0 Å². The Morgan fingerprint density at radius 2 is 1.57 bits per heavy atom. The van der Waals surface area contributed by atoms with Crippen LogP contribution in [-0.2, 0) is 5.41 Å². The van der Waals surface area contributed by atoms with Gasteiger partial charge in [0.05, 0.1) is 5.54 Å². The molecule has 0 aliphatic carbocycles. The van der Waals surface area contributed by atoms with Crippen molar-refractivity contribution >= 4 is 22.6 Å². The van der Waals surface area contributed by atoms with E-state index in [0.29, 0.717) is 0 Å². The molecule has 0 aromatic heterocycles. The first-order chi connectivity index (χ1) is 10.8. The highest BCUT2D eigenvalue weighted by atomic mass is 15.0. The van der Waals surface area contributed by atoms with Gasteiger partial charge in [0.1, 0.15) is 0 Å². The Hall–Kier alpha value is -2.22. The zero-order valence-corrected chi connectivity index (χ0v) is 14.5. The van der Waals surface area contributed by atoms with Crippen LogP contribution in [0.1, 0.15) is 51.3 Å². The lowest BCUT2D eigenvalue weighted by molar-refractivity contribution is 0.636. The fraction of sp³-hybridized carbons (Fsp3) is 0.333. The van der Waals surface area contributed by atoms with Crippen LogP contribution in [0.5, 0.6) is 0 Å². The Labute approximate surface area is 138 Å². The molecule has 0 spiro atoms. The average molecular weight is 304 g/mol. The first kappa shape index (κ1) is 14.4. The molecule has 0 bridgehead atoms. The minimum Gasteiger partial charge on any atom is -0.376 e. The summed E-state index contributed by atoms with van der Waals surface area (Å²) in [6.45, 7) is 11.3. The van der Waals surface area contributed by atoms with E-state index in [1.54, 1.807) is 0 Å². The fourth-order valence-electron chi connectivity index (χ4n) is 4.08. The molecule has 2 aliphatic heterocycles. The summed E-state index contributed by atoms with van der Waals surface area (Å²) in [6.07, 6.45) is 2.31. The molecule has 0 saturated heterocycles. The molecule has 0 fully saturated rings. The van der Waals surface area contributed by atoms with Gasteiger partial charge in [-0.1, -0.05) is 38.1 Å². The van der Waals surface area contributed by atoms with Crippen LogP contribution in [0.4, 0.5) is 17.1 Å². The topological polar surface area (TPSA) is 24.1 Å². The maximum absolute atomic E-state index is 3.67. The van der Waals surface area contributed by atoms with E-state index in [9.17, 15) is 0 Å². The number of hydrogen-bond acceptors (Lipinski definition) is 2. The third-order valence-corrected chi connectivity index (χ3v) is 5.16. The number of anilines is 3. The minimum absolute atomic E-state index is 0.00450. The minimum atomic E-state index is -0.00685. The molecule has 2 heteroatoms. The predicted octanol–water partition coefficient (Wildman–Crippen LogP) is 5.68. The van der Waals surface area contributed by atoms with Crippen LogP contribution >= 0.6 is 0 Å². The number of hydrogen-bond donors (Lipinski definition) is 2. The highest BCUT2D eigenvalue weighted by molar-refractivity contribution is 5.87. The Morgan fingerprint density at radius 3 is 2.35 bits per heavy atom. The zero-order chi connectivity index (χ0) is 16.4. The van der Waals surface area contributed by atoms with E-state index in [1.165, 1.54) is 39.3 Å². The summed E-state index contributed by atoms with van der Waals surface area (Å²) < 4.78 is 0. The predicted molar refractivity (Wildman–Crippen MR) is 99.6 cm³/mol. The molecular weight excluding hydrogens is 280 g/mol. The van der Waals surface area contributed by atoms with Crippen molar-refractivity contribution in [3.63, 3.8) is 0 Å². The fourth-order valence-corrected chi connectivity index (χ4v) is 4.08. The first-order valence-corrected chi connectivity index (χ1v) is 8.31. The van der Waals surface area contributed by atoms with E-state index in [0.717, 1.165) is 0 Å². The molecule has 2 heterocycles. The highest BCUT2D eigenvalue weighted by Gasteiger charge is 2.34. The van der Waals surface area contributed by atoms with Gasteiger partial charge in [-0.3, -0.25) is 0 Å². The maximum Gasteiger partial charge on any atom is 0.0505 e. The van der Waals surface area contributed by atoms with E-state index in [4.69, 9.17) is 0 Å². The van der Waals surface area contributed by atoms with Gasteiger partial charge in [-0.05, 0) is 55.7 Å². The molecule has 2 aromatic carbocycles. The molecule has 2 aromatic rings. The van der Waals surface area contributed by atoms with Crippen molar-refractivity contribution in [2.75, 3.05) is 10.6 Å². The summed E-state index contributed by atoms with van der Waals surface area (Å²) in [5.74, 6) is 0. The zero-order valence-electron chi connectivity index (χ0n) is 14.5. The van der Waals surface area contributed by atoms with Gasteiger partial charge in [-0.15, -0.1) is 0 Å². The summed E-state index contributed by atoms with van der Waals surface area (Å²) in [5.41, 5.74) is 9.02. The number of rotatable bonds is 0. The summed E-state index contributed by atoms with van der Waals surface area (Å²) in [7, 11) is 0. The number of nitrogens with one attached hydrogen (secondary N) is 2. The molecule has 0 saturated carbocycles. The highest BCUT2D eigenvalue weighted by Crippen LogP contribution is 2.48. The average Bonchev–Trinajstić information content (AvgIpc) is 2.46. The standard InChI is InChI=1S/C21H24N2/c1-13-12-20(2,3)23-18-11-16-19(10-14(13)18)22-17-9-7-6-8-15(17)21(16,4)5/h6-12,22-23H,1-5H3. The summed E-state index contributed by atoms with van der Waals surface area (Å²) in [5, 5.41) is 7.31. The van der Waals surface area contributed by atoms with Crippen molar-refractivity contribution in [1.29, 1.82) is 0 Å². The third-order valence-electron chi connectivity index (χ3n) is 5.16. The second-order valence-electron chi connectivity index (χ2n) is 7.91. The van der Waals surface area contributed by atoms with E-state index >= 15 is 0 Å². The number of para-hydroxylation sites is 1. The Bertz CT molecular complexity index is 841. The van der Waals surface area contributed by atoms with E-state index in [1.807, 2.05) is 0 Å². The molecule has 118 valence electrons. The van der Waals surface area contributed by atoms with Crippen LogP contribution in [0.15, 0.2) is 42.5 Å². The number of benzene rings is 2. The molecule has 2 aliphatic rings. The monoisotopic (exact) mass is 304 g/mol. The molecule has 4 rings (SSSR count). The van der Waals surface area contributed by atoms with Crippen molar-refractivity contribution in [1.82, 2.24) is 0 Å². The van der Waals surface area contributed by atoms with E-state index in [2.05, 4.69) is 87.7 Å². The van der Waals surface area contributed by atoms with Crippen LogP contribution in [0.25, 0.3) is 5.57 Å². The Balaban J connectivity index is 1.94. The third kappa shape index (κ3) is 2.08. The maximum atomic E-state index is 3.67. The molecule has 0 unspecified atom stereocenters. The van der Waals surface area contributed by atoms with Gasteiger partial charge in [-0.2, -0.15) is 0 Å². The molecule has 23 heavy (non-hydrogen) atoms. The summed E-state index contributed by atoms with van der Waals surface area (Å²) >= 11 is 0. The molecule has 0 atom stereocenters. The number of allylic oxidation sites excluding steroid dienone is 1. The lowest BCUT2D eigenvalue weighted by Crippen LogP contribution is -2.33. The van der Waals surface area contributed by atoms with Gasteiger partial charge in [0.15, 0.2) is 0 Å². The second-order valence-corrected chi connectivity index (χ2v) is 7.91. The van der Waals surface area contributed by atoms with Crippen molar-refractivity contribution in [3.8, 4) is 0 Å². The molecule has 0 amide bonds. The lowest BCUT2D eigenvalue weighted by atomic mass is 9.73. The molecule has 2 nitrogen and oxygen atoms in total. The quantitative estimate of drug-likeness (QED) is 0.654. The molecular formula is C21H24N2. The largest absolute Gasteiger partial charge is 0.376 e. The molecule has 2 N–H and O–H groups in total. The van der Waals surface area contributed by atoms with Crippen molar-refractivity contribution in [2.45, 2.75) is 45.6 Å². The SMILES string of the molecule is CC1=CC(C)(C)Nc2cc3c(cc21)Nc1ccccc1C3(C)C. The van der Waals surface area contributed by atoms with Crippen molar-refractivity contribution < 1.29 is 0 Å².